The largest absolute Gasteiger partial charge is 0.482 e. The molecule has 166 valence electrons. The summed E-state index contributed by atoms with van der Waals surface area (Å²) in [4.78, 5) is 35.5. The number of unbranched alkanes of at least 4 members (excludes halogenated alkanes) is 2. The Morgan fingerprint density at radius 1 is 1.17 bits per heavy atom. The Balaban J connectivity index is 1.65. The van der Waals surface area contributed by atoms with Crippen molar-refractivity contribution < 1.29 is 33.0 Å². The van der Waals surface area contributed by atoms with Gasteiger partial charge in [-0.1, -0.05) is 26.2 Å². The summed E-state index contributed by atoms with van der Waals surface area (Å²) in [5.41, 5.74) is 0. The Labute approximate surface area is 177 Å². The second kappa shape index (κ2) is 12.3. The number of ether oxygens (including phenoxy) is 3. The number of methoxy groups -OCH3 is 1. The van der Waals surface area contributed by atoms with Crippen LogP contribution in [0.25, 0.3) is 0 Å². The van der Waals surface area contributed by atoms with Gasteiger partial charge in [0, 0.05) is 18.3 Å². The molecule has 1 unspecified atom stereocenters. The molecule has 2 rings (SSSR count). The molecule has 30 heavy (non-hydrogen) atoms. The first-order chi connectivity index (χ1) is 14.4. The van der Waals surface area contributed by atoms with Gasteiger partial charge in [-0.25, -0.2) is 9.18 Å². The predicted molar refractivity (Wildman–Crippen MR) is 108 cm³/mol. The van der Waals surface area contributed by atoms with Gasteiger partial charge >= 0.3 is 11.9 Å². The molecule has 1 fully saturated rings. The van der Waals surface area contributed by atoms with Crippen molar-refractivity contribution in [1.82, 2.24) is 0 Å². The molecule has 0 spiro atoms. The van der Waals surface area contributed by atoms with E-state index in [1.165, 1.54) is 31.4 Å². The summed E-state index contributed by atoms with van der Waals surface area (Å²) >= 11 is 0. The Bertz CT molecular complexity index is 702. The molecule has 0 N–H and O–H groups in total. The number of rotatable bonds is 12. The molecular formula is C23H31FO6. The van der Waals surface area contributed by atoms with E-state index < -0.39 is 5.97 Å². The van der Waals surface area contributed by atoms with E-state index in [0.717, 1.165) is 38.5 Å². The van der Waals surface area contributed by atoms with E-state index in [4.69, 9.17) is 14.2 Å². The van der Waals surface area contributed by atoms with Gasteiger partial charge in [0.25, 0.3) is 0 Å². The lowest BCUT2D eigenvalue weighted by atomic mass is 9.90. The van der Waals surface area contributed by atoms with Gasteiger partial charge in [0.2, 0.25) is 0 Å². The topological polar surface area (TPSA) is 78.9 Å². The predicted octanol–water partition coefficient (Wildman–Crippen LogP) is 4.10. The average molecular weight is 422 g/mol. The number of esters is 2. The quantitative estimate of drug-likeness (QED) is 0.373. The van der Waals surface area contributed by atoms with Crippen molar-refractivity contribution in [2.75, 3.05) is 20.3 Å². The van der Waals surface area contributed by atoms with E-state index in [-0.39, 0.29) is 48.5 Å². The summed E-state index contributed by atoms with van der Waals surface area (Å²) < 4.78 is 28.2. The lowest BCUT2D eigenvalue weighted by molar-refractivity contribution is -0.148. The van der Waals surface area contributed by atoms with Crippen LogP contribution >= 0.6 is 0 Å². The van der Waals surface area contributed by atoms with E-state index in [2.05, 4.69) is 0 Å². The zero-order valence-electron chi connectivity index (χ0n) is 17.7. The van der Waals surface area contributed by atoms with Crippen LogP contribution < -0.4 is 4.74 Å². The normalized spacial score (nSPS) is 19.4. The Morgan fingerprint density at radius 2 is 1.90 bits per heavy atom. The van der Waals surface area contributed by atoms with Crippen LogP contribution in [0.1, 0.15) is 51.9 Å². The number of carbonyl (C=O) groups excluding carboxylic acids is 3. The fourth-order valence-corrected chi connectivity index (χ4v) is 3.80. The highest BCUT2D eigenvalue weighted by Crippen LogP contribution is 2.33. The highest BCUT2D eigenvalue weighted by Gasteiger charge is 2.34. The van der Waals surface area contributed by atoms with Gasteiger partial charge in [-0.05, 0) is 43.5 Å². The van der Waals surface area contributed by atoms with Crippen LogP contribution in [0, 0.1) is 23.6 Å². The number of Topliss-reactive ketones (excluding diaryl/α,β-unsaturated/α-hetero) is 1. The first-order valence-corrected chi connectivity index (χ1v) is 10.5. The maximum absolute atomic E-state index is 12.9. The molecular weight excluding hydrogens is 391 g/mol. The van der Waals surface area contributed by atoms with Gasteiger partial charge < -0.3 is 14.2 Å². The molecule has 7 heteroatoms. The van der Waals surface area contributed by atoms with Crippen LogP contribution in [0.15, 0.2) is 24.3 Å². The van der Waals surface area contributed by atoms with Crippen LogP contribution in [0.2, 0.25) is 0 Å². The first kappa shape index (κ1) is 23.8. The zero-order chi connectivity index (χ0) is 21.9. The molecule has 1 aromatic rings. The summed E-state index contributed by atoms with van der Waals surface area (Å²) in [5, 5.41) is 0. The number of hydrogen-bond donors (Lipinski definition) is 0. The maximum atomic E-state index is 12.9. The molecule has 0 bridgehead atoms. The molecule has 1 aromatic carbocycles. The van der Waals surface area contributed by atoms with Crippen LogP contribution in [-0.2, 0) is 23.9 Å². The van der Waals surface area contributed by atoms with E-state index in [1.807, 2.05) is 6.92 Å². The second-order valence-corrected chi connectivity index (χ2v) is 7.86. The zero-order valence-corrected chi connectivity index (χ0v) is 17.7. The van der Waals surface area contributed by atoms with Crippen molar-refractivity contribution in [3.05, 3.63) is 30.1 Å². The molecule has 0 radical (unpaired) electrons. The van der Waals surface area contributed by atoms with E-state index in [1.54, 1.807) is 0 Å². The molecule has 0 saturated heterocycles. The van der Waals surface area contributed by atoms with E-state index in [9.17, 15) is 18.8 Å². The Morgan fingerprint density at radius 3 is 2.60 bits per heavy atom. The molecule has 0 heterocycles. The minimum absolute atomic E-state index is 0.0428. The monoisotopic (exact) mass is 422 g/mol. The van der Waals surface area contributed by atoms with Gasteiger partial charge in [0.15, 0.2) is 6.61 Å². The molecule has 6 nitrogen and oxygen atoms in total. The third-order valence-electron chi connectivity index (χ3n) is 5.63. The fourth-order valence-electron chi connectivity index (χ4n) is 3.80. The highest BCUT2D eigenvalue weighted by molar-refractivity contribution is 5.83. The number of ketones is 1. The summed E-state index contributed by atoms with van der Waals surface area (Å²) in [6.45, 7) is 1.81. The van der Waals surface area contributed by atoms with Crippen molar-refractivity contribution >= 4 is 17.7 Å². The molecule has 3 atom stereocenters. The summed E-state index contributed by atoms with van der Waals surface area (Å²) in [7, 11) is 1.40. The van der Waals surface area contributed by atoms with E-state index >= 15 is 0 Å². The minimum atomic E-state index is -0.505. The van der Waals surface area contributed by atoms with Gasteiger partial charge in [-0.2, -0.15) is 0 Å². The highest BCUT2D eigenvalue weighted by atomic mass is 19.1. The van der Waals surface area contributed by atoms with Crippen molar-refractivity contribution in [3.63, 3.8) is 0 Å². The molecule has 0 aliphatic heterocycles. The number of halogens is 1. The first-order valence-electron chi connectivity index (χ1n) is 10.5. The van der Waals surface area contributed by atoms with Crippen LogP contribution in [0.5, 0.6) is 5.75 Å². The number of hydrogen-bond acceptors (Lipinski definition) is 6. The standard InChI is InChI=1S/C23H31FO6/c1-16(23(27)28-2)6-4-3-5-7-20-17(8-13-21(20)25)14-30-22(26)15-29-19-11-9-18(24)10-12-19/h9-12,16-17,20H,3-8,13-15H2,1-2H3/t16?,17-,20-/m0/s1. The van der Waals surface area contributed by atoms with Gasteiger partial charge in [0.1, 0.15) is 17.3 Å². The summed E-state index contributed by atoms with van der Waals surface area (Å²) in [5.74, 6) is -0.576. The fraction of sp³-hybridized carbons (Fsp3) is 0.609. The third kappa shape index (κ3) is 7.76. The van der Waals surface area contributed by atoms with Crippen molar-refractivity contribution in [1.29, 1.82) is 0 Å². The number of carbonyl (C=O) groups is 3. The van der Waals surface area contributed by atoms with Crippen molar-refractivity contribution in [2.45, 2.75) is 51.9 Å². The van der Waals surface area contributed by atoms with Crippen LogP contribution in [-0.4, -0.2) is 38.0 Å². The molecule has 1 aliphatic carbocycles. The van der Waals surface area contributed by atoms with E-state index in [0.29, 0.717) is 12.2 Å². The molecule has 1 aliphatic rings. The Kier molecular flexibility index (Phi) is 9.77. The third-order valence-corrected chi connectivity index (χ3v) is 5.63. The van der Waals surface area contributed by atoms with Crippen LogP contribution in [0.3, 0.4) is 0 Å². The van der Waals surface area contributed by atoms with Gasteiger partial charge in [0.05, 0.1) is 19.6 Å². The molecule has 0 aromatic heterocycles. The SMILES string of the molecule is COC(=O)C(C)CCCCC[C@@H]1C(=O)CC[C@H]1COC(=O)COc1ccc(F)cc1. The van der Waals surface area contributed by atoms with Crippen molar-refractivity contribution in [3.8, 4) is 5.75 Å². The van der Waals surface area contributed by atoms with Gasteiger partial charge in [-0.3, -0.25) is 9.59 Å². The minimum Gasteiger partial charge on any atom is -0.482 e. The lowest BCUT2D eigenvalue weighted by Gasteiger charge is -2.18. The smallest absolute Gasteiger partial charge is 0.344 e. The summed E-state index contributed by atoms with van der Waals surface area (Å²) in [6.07, 6.45) is 5.58. The maximum Gasteiger partial charge on any atom is 0.344 e. The Hall–Kier alpha value is -2.44. The van der Waals surface area contributed by atoms with Crippen molar-refractivity contribution in [2.24, 2.45) is 17.8 Å². The van der Waals surface area contributed by atoms with Gasteiger partial charge in [-0.15, -0.1) is 0 Å². The second-order valence-electron chi connectivity index (χ2n) is 7.86. The lowest BCUT2D eigenvalue weighted by Crippen LogP contribution is -2.23. The summed E-state index contributed by atoms with van der Waals surface area (Å²) in [6, 6.07) is 5.40. The molecule has 0 amide bonds. The van der Waals surface area contributed by atoms with Crippen LogP contribution in [0.4, 0.5) is 4.39 Å². The number of benzene rings is 1. The average Bonchev–Trinajstić information content (AvgIpc) is 3.10. The molecule has 1 saturated carbocycles.